The molecule has 0 aliphatic carbocycles. The molecule has 0 saturated heterocycles. The van der Waals surface area contributed by atoms with E-state index in [4.69, 9.17) is 4.74 Å². The Kier molecular flexibility index (Phi) is 5.49. The van der Waals surface area contributed by atoms with Crippen molar-refractivity contribution in [1.29, 1.82) is 0 Å². The summed E-state index contributed by atoms with van der Waals surface area (Å²) in [5, 5.41) is 3.92. The maximum atomic E-state index is 12.5. The lowest BCUT2D eigenvalue weighted by molar-refractivity contribution is 0.0533. The third-order valence-corrected chi connectivity index (χ3v) is 4.90. The van der Waals surface area contributed by atoms with Crippen LogP contribution in [0.1, 0.15) is 33.9 Å². The van der Waals surface area contributed by atoms with Crippen molar-refractivity contribution < 1.29 is 14.3 Å². The molecule has 1 aromatic heterocycles. The summed E-state index contributed by atoms with van der Waals surface area (Å²) in [6.45, 7) is 3.56. The number of nitrogens with one attached hydrogen (secondary N) is 1. The molecule has 3 aromatic rings. The smallest absolute Gasteiger partial charge is 0.349 e. The van der Waals surface area contributed by atoms with Gasteiger partial charge in [-0.2, -0.15) is 0 Å². The van der Waals surface area contributed by atoms with Crippen molar-refractivity contribution >= 4 is 33.8 Å². The van der Waals surface area contributed by atoms with Crippen molar-refractivity contribution in [3.05, 3.63) is 71.1 Å². The first-order valence-electron chi connectivity index (χ1n) is 8.34. The van der Waals surface area contributed by atoms with Gasteiger partial charge in [0.1, 0.15) is 9.88 Å². The maximum Gasteiger partial charge on any atom is 0.349 e. The molecule has 0 bridgehead atoms. The predicted octanol–water partition coefficient (Wildman–Crippen LogP) is 5.54. The van der Waals surface area contributed by atoms with Gasteiger partial charge in [-0.1, -0.05) is 48.5 Å². The van der Waals surface area contributed by atoms with Gasteiger partial charge in [-0.05, 0) is 31.5 Å². The minimum absolute atomic E-state index is 0.103. The number of benzene rings is 2. The fourth-order valence-corrected chi connectivity index (χ4v) is 3.91. The molecule has 0 unspecified atom stereocenters. The molecule has 4 nitrogen and oxygen atoms in total. The summed E-state index contributed by atoms with van der Waals surface area (Å²) in [6, 6.07) is 19.0. The summed E-state index contributed by atoms with van der Waals surface area (Å²) >= 11 is 1.25. The van der Waals surface area contributed by atoms with Crippen LogP contribution >= 0.6 is 11.3 Å². The lowest BCUT2D eigenvalue weighted by Crippen LogP contribution is -2.05. The number of rotatable bonds is 6. The van der Waals surface area contributed by atoms with E-state index in [1.807, 2.05) is 60.7 Å². The number of Topliss-reactive ketones (excluding diaryl/α,β-unsaturated/α-hetero) is 1. The van der Waals surface area contributed by atoms with E-state index in [0.29, 0.717) is 21.0 Å². The zero-order chi connectivity index (χ0) is 18.5. The number of thiophene rings is 1. The van der Waals surface area contributed by atoms with Gasteiger partial charge in [-0.25, -0.2) is 4.79 Å². The van der Waals surface area contributed by atoms with Gasteiger partial charge in [0, 0.05) is 11.3 Å². The highest BCUT2D eigenvalue weighted by molar-refractivity contribution is 7.19. The van der Waals surface area contributed by atoms with Gasteiger partial charge in [-0.15, -0.1) is 11.3 Å². The quantitative estimate of drug-likeness (QED) is 0.460. The molecule has 0 spiro atoms. The van der Waals surface area contributed by atoms with Crippen LogP contribution in [0.5, 0.6) is 0 Å². The molecule has 2 aromatic carbocycles. The second-order valence-corrected chi connectivity index (χ2v) is 6.66. The average Bonchev–Trinajstić information content (AvgIpc) is 3.03. The van der Waals surface area contributed by atoms with Crippen molar-refractivity contribution in [2.75, 3.05) is 11.9 Å². The van der Waals surface area contributed by atoms with Crippen molar-refractivity contribution in [2.24, 2.45) is 0 Å². The fraction of sp³-hybridized carbons (Fsp3) is 0.143. The van der Waals surface area contributed by atoms with Crippen LogP contribution in [-0.4, -0.2) is 18.4 Å². The minimum Gasteiger partial charge on any atom is -0.462 e. The van der Waals surface area contributed by atoms with Crippen molar-refractivity contribution in [1.82, 2.24) is 0 Å². The predicted molar refractivity (Wildman–Crippen MR) is 105 cm³/mol. The molecule has 3 rings (SSSR count). The van der Waals surface area contributed by atoms with Crippen LogP contribution in [0.25, 0.3) is 11.1 Å². The van der Waals surface area contributed by atoms with E-state index in [2.05, 4.69) is 5.32 Å². The van der Waals surface area contributed by atoms with Crippen LogP contribution in [0.15, 0.2) is 60.7 Å². The fourth-order valence-electron chi connectivity index (χ4n) is 2.73. The van der Waals surface area contributed by atoms with Gasteiger partial charge < -0.3 is 10.1 Å². The molecular formula is C21H19NO3S. The third kappa shape index (κ3) is 3.68. The Morgan fingerprint density at radius 1 is 1.00 bits per heavy atom. The molecule has 0 saturated carbocycles. The van der Waals surface area contributed by atoms with Crippen molar-refractivity contribution in [3.63, 3.8) is 0 Å². The number of hydrogen-bond donors (Lipinski definition) is 1. The number of hydrogen-bond acceptors (Lipinski definition) is 5. The van der Waals surface area contributed by atoms with Crippen molar-refractivity contribution in [3.8, 4) is 11.1 Å². The topological polar surface area (TPSA) is 55.4 Å². The Hall–Kier alpha value is -2.92. The molecular weight excluding hydrogens is 346 g/mol. The monoisotopic (exact) mass is 365 g/mol. The molecule has 0 radical (unpaired) electrons. The molecule has 0 aliphatic heterocycles. The number of esters is 1. The lowest BCUT2D eigenvalue weighted by atomic mass is 9.99. The molecule has 0 amide bonds. The van der Waals surface area contributed by atoms with E-state index in [-0.39, 0.29) is 12.4 Å². The first-order chi connectivity index (χ1) is 12.6. The number of ketones is 1. The first kappa shape index (κ1) is 17.9. The molecule has 1 heterocycles. The molecule has 0 atom stereocenters. The van der Waals surface area contributed by atoms with E-state index in [1.54, 1.807) is 6.92 Å². The highest BCUT2D eigenvalue weighted by atomic mass is 32.1. The van der Waals surface area contributed by atoms with Crippen LogP contribution in [0.3, 0.4) is 0 Å². The van der Waals surface area contributed by atoms with E-state index >= 15 is 0 Å². The molecule has 0 aliphatic rings. The highest BCUT2D eigenvalue weighted by Crippen LogP contribution is 2.42. The van der Waals surface area contributed by atoms with E-state index in [9.17, 15) is 9.59 Å². The van der Waals surface area contributed by atoms with Crippen LogP contribution in [-0.2, 0) is 4.74 Å². The zero-order valence-electron chi connectivity index (χ0n) is 14.6. The Morgan fingerprint density at radius 3 is 2.19 bits per heavy atom. The van der Waals surface area contributed by atoms with E-state index in [0.717, 1.165) is 11.3 Å². The molecule has 26 heavy (non-hydrogen) atoms. The highest BCUT2D eigenvalue weighted by Gasteiger charge is 2.27. The van der Waals surface area contributed by atoms with E-state index < -0.39 is 5.97 Å². The zero-order valence-corrected chi connectivity index (χ0v) is 15.4. The molecule has 132 valence electrons. The Labute approximate surface area is 156 Å². The van der Waals surface area contributed by atoms with Gasteiger partial charge in [0.25, 0.3) is 0 Å². The second-order valence-electron chi connectivity index (χ2n) is 5.64. The summed E-state index contributed by atoms with van der Waals surface area (Å²) in [5.74, 6) is -0.519. The second kappa shape index (κ2) is 7.97. The number of ether oxygens (including phenoxy) is 1. The van der Waals surface area contributed by atoms with Crippen LogP contribution in [0.4, 0.5) is 10.7 Å². The Balaban J connectivity index is 2.19. The SMILES string of the molecule is CCOC(=O)c1sc(Nc2ccccc2)c(C(C)=O)c1-c1ccccc1. The number of anilines is 2. The third-order valence-electron chi connectivity index (χ3n) is 3.82. The van der Waals surface area contributed by atoms with Gasteiger partial charge in [0.15, 0.2) is 5.78 Å². The summed E-state index contributed by atoms with van der Waals surface area (Å²) in [7, 11) is 0. The lowest BCUT2D eigenvalue weighted by Gasteiger charge is -2.08. The van der Waals surface area contributed by atoms with Crippen molar-refractivity contribution in [2.45, 2.75) is 13.8 Å². The normalized spacial score (nSPS) is 10.4. The van der Waals surface area contributed by atoms with E-state index in [1.165, 1.54) is 18.3 Å². The average molecular weight is 365 g/mol. The molecule has 0 fully saturated rings. The maximum absolute atomic E-state index is 12.5. The standard InChI is InChI=1S/C21H19NO3S/c1-3-25-21(24)19-18(15-10-6-4-7-11-15)17(14(2)23)20(26-19)22-16-12-8-5-9-13-16/h4-13,22H,3H2,1-2H3. The van der Waals surface area contributed by atoms with Gasteiger partial charge >= 0.3 is 5.97 Å². The molecule has 5 heteroatoms. The van der Waals surface area contributed by atoms with Gasteiger partial charge in [-0.3, -0.25) is 4.79 Å². The largest absolute Gasteiger partial charge is 0.462 e. The Bertz CT molecular complexity index is 917. The summed E-state index contributed by atoms with van der Waals surface area (Å²) in [4.78, 5) is 25.4. The summed E-state index contributed by atoms with van der Waals surface area (Å²) < 4.78 is 5.22. The summed E-state index contributed by atoms with van der Waals surface area (Å²) in [6.07, 6.45) is 0. The Morgan fingerprint density at radius 2 is 1.62 bits per heavy atom. The number of carbonyl (C=O) groups excluding carboxylic acids is 2. The summed E-state index contributed by atoms with van der Waals surface area (Å²) in [5.41, 5.74) is 2.80. The van der Waals surface area contributed by atoms with Crippen LogP contribution in [0, 0.1) is 0 Å². The van der Waals surface area contributed by atoms with Crippen LogP contribution < -0.4 is 5.32 Å². The minimum atomic E-state index is -0.417. The van der Waals surface area contributed by atoms with Gasteiger partial charge in [0.05, 0.1) is 12.2 Å². The number of para-hydroxylation sites is 1. The first-order valence-corrected chi connectivity index (χ1v) is 9.15. The van der Waals surface area contributed by atoms with Gasteiger partial charge in [0.2, 0.25) is 0 Å². The van der Waals surface area contributed by atoms with Crippen LogP contribution in [0.2, 0.25) is 0 Å². The molecule has 1 N–H and O–H groups in total. The number of carbonyl (C=O) groups is 2.